The van der Waals surface area contributed by atoms with E-state index in [1.165, 1.54) is 4.90 Å². The average molecular weight is 425 g/mol. The number of anilines is 2. The maximum atomic E-state index is 13.1. The molecule has 7 nitrogen and oxygen atoms in total. The molecule has 3 amide bonds. The molecule has 0 aliphatic carbocycles. The molecule has 2 aromatic rings. The number of benzene rings is 1. The Hall–Kier alpha value is -3.22. The lowest BCUT2D eigenvalue weighted by Gasteiger charge is -2.28. The molecule has 1 heterocycles. The number of nitrogens with zero attached hydrogens (tertiary/aromatic N) is 2. The van der Waals surface area contributed by atoms with Crippen LogP contribution < -0.4 is 15.5 Å². The number of rotatable bonds is 9. The Kier molecular flexibility index (Phi) is 8.30. The summed E-state index contributed by atoms with van der Waals surface area (Å²) in [7, 11) is 0. The van der Waals surface area contributed by atoms with Crippen molar-refractivity contribution < 1.29 is 14.4 Å². The van der Waals surface area contributed by atoms with Crippen molar-refractivity contribution in [3.8, 4) is 0 Å². The molecule has 0 aliphatic heterocycles. The van der Waals surface area contributed by atoms with Crippen LogP contribution in [0.1, 0.15) is 51.2 Å². The van der Waals surface area contributed by atoms with Gasteiger partial charge in [-0.1, -0.05) is 30.7 Å². The first-order chi connectivity index (χ1) is 14.6. The van der Waals surface area contributed by atoms with E-state index in [1.807, 2.05) is 52.8 Å². The van der Waals surface area contributed by atoms with Gasteiger partial charge >= 0.3 is 0 Å². The highest BCUT2D eigenvalue weighted by Crippen LogP contribution is 2.22. The van der Waals surface area contributed by atoms with Crippen LogP contribution in [0, 0.1) is 13.8 Å². The third-order valence-corrected chi connectivity index (χ3v) is 5.11. The second-order valence-corrected chi connectivity index (χ2v) is 8.32. The number of aromatic nitrogens is 1. The van der Waals surface area contributed by atoms with Crippen LogP contribution in [0.2, 0.25) is 0 Å². The number of aryl methyl sites for hydroxylation is 2. The molecule has 2 N–H and O–H groups in total. The Morgan fingerprint density at radius 2 is 1.77 bits per heavy atom. The van der Waals surface area contributed by atoms with Gasteiger partial charge in [0.15, 0.2) is 0 Å². The van der Waals surface area contributed by atoms with Crippen molar-refractivity contribution in [2.75, 3.05) is 16.8 Å². The summed E-state index contributed by atoms with van der Waals surface area (Å²) in [5.41, 5.74) is 2.27. The Bertz CT molecular complexity index is 926. The lowest BCUT2D eigenvalue weighted by Crippen LogP contribution is -2.48. The second kappa shape index (κ2) is 10.7. The third kappa shape index (κ3) is 7.51. The fourth-order valence-corrected chi connectivity index (χ4v) is 3.06. The molecule has 0 fully saturated rings. The summed E-state index contributed by atoms with van der Waals surface area (Å²) in [4.78, 5) is 43.5. The normalized spacial score (nSPS) is 11.0. The maximum Gasteiger partial charge on any atom is 0.240 e. The van der Waals surface area contributed by atoms with E-state index in [2.05, 4.69) is 15.6 Å². The van der Waals surface area contributed by atoms with Gasteiger partial charge in [-0.25, -0.2) is 4.98 Å². The summed E-state index contributed by atoms with van der Waals surface area (Å²) in [6.07, 6.45) is 2.33. The van der Waals surface area contributed by atoms with Gasteiger partial charge in [0.05, 0.1) is 0 Å². The molecule has 31 heavy (non-hydrogen) atoms. The quantitative estimate of drug-likeness (QED) is 0.641. The van der Waals surface area contributed by atoms with Crippen LogP contribution in [0.4, 0.5) is 11.5 Å². The summed E-state index contributed by atoms with van der Waals surface area (Å²) in [6.45, 7) is 9.65. The van der Waals surface area contributed by atoms with Crippen LogP contribution in [-0.2, 0) is 14.4 Å². The van der Waals surface area contributed by atoms with E-state index < -0.39 is 0 Å². The fourth-order valence-electron chi connectivity index (χ4n) is 3.06. The molecule has 1 aromatic heterocycles. The van der Waals surface area contributed by atoms with E-state index in [4.69, 9.17) is 0 Å². The van der Waals surface area contributed by atoms with Gasteiger partial charge in [0.25, 0.3) is 0 Å². The summed E-state index contributed by atoms with van der Waals surface area (Å²) >= 11 is 0. The Balaban J connectivity index is 2.12. The van der Waals surface area contributed by atoms with Crippen LogP contribution in [0.3, 0.4) is 0 Å². The molecule has 0 aliphatic rings. The molecule has 0 unspecified atom stereocenters. The van der Waals surface area contributed by atoms with Crippen LogP contribution in [0.5, 0.6) is 0 Å². The van der Waals surface area contributed by atoms with Crippen molar-refractivity contribution in [3.05, 3.63) is 53.7 Å². The fraction of sp³-hybridized carbons (Fsp3) is 0.417. The number of pyridine rings is 1. The average Bonchev–Trinajstić information content (AvgIpc) is 2.71. The zero-order valence-electron chi connectivity index (χ0n) is 19.0. The first-order valence-electron chi connectivity index (χ1n) is 10.5. The number of hydrogen-bond donors (Lipinski definition) is 2. The molecule has 1 aromatic carbocycles. The summed E-state index contributed by atoms with van der Waals surface area (Å²) in [5, 5.41) is 5.64. The van der Waals surface area contributed by atoms with Crippen molar-refractivity contribution >= 4 is 29.2 Å². The Morgan fingerprint density at radius 1 is 1.03 bits per heavy atom. The Morgan fingerprint density at radius 3 is 2.39 bits per heavy atom. The van der Waals surface area contributed by atoms with Gasteiger partial charge in [0.2, 0.25) is 17.7 Å². The zero-order chi connectivity index (χ0) is 23.0. The molecular weight excluding hydrogens is 392 g/mol. The van der Waals surface area contributed by atoms with Gasteiger partial charge in [-0.2, -0.15) is 0 Å². The Labute approximate surface area is 184 Å². The highest BCUT2D eigenvalue weighted by Gasteiger charge is 2.24. The smallest absolute Gasteiger partial charge is 0.240 e. The predicted octanol–water partition coefficient (Wildman–Crippen LogP) is 3.76. The molecule has 0 bridgehead atoms. The van der Waals surface area contributed by atoms with Crippen molar-refractivity contribution in [2.45, 2.75) is 59.4 Å². The van der Waals surface area contributed by atoms with E-state index in [-0.39, 0.29) is 42.6 Å². The monoisotopic (exact) mass is 424 g/mol. The summed E-state index contributed by atoms with van der Waals surface area (Å²) in [5.74, 6) is -0.387. The lowest BCUT2D eigenvalue weighted by molar-refractivity contribution is -0.125. The maximum absolute atomic E-state index is 13.1. The van der Waals surface area contributed by atoms with E-state index >= 15 is 0 Å². The van der Waals surface area contributed by atoms with Gasteiger partial charge in [-0.3, -0.25) is 14.4 Å². The highest BCUT2D eigenvalue weighted by atomic mass is 16.2. The van der Waals surface area contributed by atoms with Crippen molar-refractivity contribution in [2.24, 2.45) is 0 Å². The number of carbonyl (C=O) groups excluding carboxylic acids is 3. The van der Waals surface area contributed by atoms with E-state index in [0.29, 0.717) is 11.5 Å². The largest absolute Gasteiger partial charge is 0.350 e. The van der Waals surface area contributed by atoms with Crippen molar-refractivity contribution in [1.29, 1.82) is 0 Å². The van der Waals surface area contributed by atoms with Crippen LogP contribution >= 0.6 is 0 Å². The second-order valence-electron chi connectivity index (χ2n) is 8.32. The van der Waals surface area contributed by atoms with Crippen LogP contribution in [0.15, 0.2) is 42.6 Å². The van der Waals surface area contributed by atoms with E-state index in [1.54, 1.807) is 24.4 Å². The van der Waals surface area contributed by atoms with Gasteiger partial charge in [-0.05, 0) is 57.9 Å². The highest BCUT2D eigenvalue weighted by molar-refractivity contribution is 6.01. The predicted molar refractivity (Wildman–Crippen MR) is 123 cm³/mol. The molecule has 0 saturated heterocycles. The molecule has 0 saturated carbocycles. The summed E-state index contributed by atoms with van der Waals surface area (Å²) < 4.78 is 0. The molecule has 0 spiro atoms. The number of nitrogens with one attached hydrogen (secondary N) is 2. The molecular formula is C24H32N4O3. The molecule has 0 radical (unpaired) electrons. The van der Waals surface area contributed by atoms with E-state index in [9.17, 15) is 14.4 Å². The molecule has 7 heteroatoms. The van der Waals surface area contributed by atoms with Crippen LogP contribution in [0.25, 0.3) is 0 Å². The topological polar surface area (TPSA) is 91.4 Å². The van der Waals surface area contributed by atoms with Crippen molar-refractivity contribution in [1.82, 2.24) is 10.3 Å². The van der Waals surface area contributed by atoms with Gasteiger partial charge in [0.1, 0.15) is 12.4 Å². The molecule has 0 atom stereocenters. The van der Waals surface area contributed by atoms with Gasteiger partial charge in [0, 0.05) is 30.3 Å². The summed E-state index contributed by atoms with van der Waals surface area (Å²) in [6, 6.07) is 10.9. The lowest BCUT2D eigenvalue weighted by atomic mass is 10.0. The number of carbonyl (C=O) groups is 3. The zero-order valence-corrected chi connectivity index (χ0v) is 19.0. The molecule has 166 valence electrons. The van der Waals surface area contributed by atoms with Crippen LogP contribution in [-0.4, -0.2) is 34.8 Å². The first-order valence-corrected chi connectivity index (χ1v) is 10.5. The number of hydrogen-bond acceptors (Lipinski definition) is 4. The molecule has 2 rings (SSSR count). The first kappa shape index (κ1) is 24.1. The standard InChI is InChI=1S/C24H32N4O3/c1-6-24(4,5)27-22(30)16-28(19-11-10-17(2)15-18(19)3)23(31)13-12-21(29)26-20-9-7-8-14-25-20/h7-11,14-15H,6,12-13,16H2,1-5H3,(H,27,30)(H,25,26,29). The van der Waals surface area contributed by atoms with Gasteiger partial charge in [-0.15, -0.1) is 0 Å². The van der Waals surface area contributed by atoms with E-state index in [0.717, 1.165) is 17.5 Å². The minimum atomic E-state index is -0.364. The van der Waals surface area contributed by atoms with Crippen molar-refractivity contribution in [3.63, 3.8) is 0 Å². The van der Waals surface area contributed by atoms with Gasteiger partial charge < -0.3 is 15.5 Å². The minimum Gasteiger partial charge on any atom is -0.350 e. The SMILES string of the molecule is CCC(C)(C)NC(=O)CN(C(=O)CCC(=O)Nc1ccccn1)c1ccc(C)cc1C. The third-order valence-electron chi connectivity index (χ3n) is 5.11. The number of amides is 3. The minimum absolute atomic E-state index is 0.00110.